The topological polar surface area (TPSA) is 59.8 Å². The molecule has 0 fully saturated rings. The van der Waals surface area contributed by atoms with Crippen molar-refractivity contribution in [2.24, 2.45) is 0 Å². The molecule has 27 heavy (non-hydrogen) atoms. The molecule has 0 atom stereocenters. The fourth-order valence-corrected chi connectivity index (χ4v) is 3.95. The first kappa shape index (κ1) is 19.6. The van der Waals surface area contributed by atoms with E-state index >= 15 is 0 Å². The summed E-state index contributed by atoms with van der Waals surface area (Å²) in [5, 5.41) is 11.3. The van der Waals surface area contributed by atoms with Crippen molar-refractivity contribution in [1.82, 2.24) is 20.1 Å². The quantitative estimate of drug-likeness (QED) is 0.560. The van der Waals surface area contributed by atoms with Gasteiger partial charge in [-0.15, -0.1) is 11.3 Å². The number of unbranched alkanes of at least 4 members (excludes halogenated alkanes) is 1. The number of amides is 1. The molecule has 3 rings (SSSR count). The van der Waals surface area contributed by atoms with E-state index in [1.54, 1.807) is 22.2 Å². The molecule has 0 saturated carbocycles. The predicted molar refractivity (Wildman–Crippen MR) is 110 cm³/mol. The van der Waals surface area contributed by atoms with E-state index in [1.807, 2.05) is 38.1 Å². The van der Waals surface area contributed by atoms with Crippen LogP contribution in [0.4, 0.5) is 0 Å². The van der Waals surface area contributed by atoms with Crippen LogP contribution in [0, 0.1) is 6.92 Å². The number of carbonyl (C=O) groups excluding carboxylic acids is 1. The van der Waals surface area contributed by atoms with Gasteiger partial charge in [0.25, 0.3) is 5.91 Å². The van der Waals surface area contributed by atoms with E-state index in [9.17, 15) is 4.79 Å². The van der Waals surface area contributed by atoms with Crippen LogP contribution in [0.3, 0.4) is 0 Å². The molecule has 0 aliphatic carbocycles. The van der Waals surface area contributed by atoms with Crippen LogP contribution in [-0.2, 0) is 12.8 Å². The van der Waals surface area contributed by atoms with Gasteiger partial charge in [-0.1, -0.05) is 24.6 Å². The average Bonchev–Trinajstić information content (AvgIpc) is 3.27. The Morgan fingerprint density at radius 2 is 2.19 bits per heavy atom. The van der Waals surface area contributed by atoms with Gasteiger partial charge in [-0.3, -0.25) is 4.79 Å². The smallest absolute Gasteiger partial charge is 0.254 e. The van der Waals surface area contributed by atoms with E-state index in [0.29, 0.717) is 23.6 Å². The molecule has 3 aromatic rings. The number of nitrogens with one attached hydrogen (secondary N) is 1. The molecule has 0 aliphatic rings. The van der Waals surface area contributed by atoms with E-state index in [0.717, 1.165) is 41.3 Å². The van der Waals surface area contributed by atoms with Crippen LogP contribution in [0.2, 0.25) is 5.02 Å². The predicted octanol–water partition coefficient (Wildman–Crippen LogP) is 4.61. The lowest BCUT2D eigenvalue weighted by molar-refractivity contribution is 0.0952. The third kappa shape index (κ3) is 4.96. The van der Waals surface area contributed by atoms with Gasteiger partial charge in [-0.25, -0.2) is 9.67 Å². The number of hydrogen-bond acceptors (Lipinski definition) is 4. The first-order valence-electron chi connectivity index (χ1n) is 9.10. The molecule has 5 nitrogen and oxygen atoms in total. The molecule has 0 radical (unpaired) electrons. The Bertz CT molecular complexity index is 918. The molecule has 1 N–H and O–H groups in total. The number of benzene rings is 1. The summed E-state index contributed by atoms with van der Waals surface area (Å²) in [6, 6.07) is 7.47. The zero-order chi connectivity index (χ0) is 19.2. The first-order chi connectivity index (χ1) is 13.1. The van der Waals surface area contributed by atoms with Gasteiger partial charge in [-0.2, -0.15) is 5.10 Å². The summed E-state index contributed by atoms with van der Waals surface area (Å²) in [6.07, 6.45) is 5.23. The lowest BCUT2D eigenvalue weighted by atomic mass is 10.1. The second kappa shape index (κ2) is 9.15. The van der Waals surface area contributed by atoms with Crippen molar-refractivity contribution in [3.63, 3.8) is 0 Å². The summed E-state index contributed by atoms with van der Waals surface area (Å²) in [5.41, 5.74) is 3.44. The molecule has 7 heteroatoms. The lowest BCUT2D eigenvalue weighted by Gasteiger charge is -2.09. The summed E-state index contributed by atoms with van der Waals surface area (Å²) in [6.45, 7) is 4.68. The van der Waals surface area contributed by atoms with Crippen LogP contribution in [0.5, 0.6) is 0 Å². The van der Waals surface area contributed by atoms with E-state index in [4.69, 9.17) is 11.6 Å². The highest BCUT2D eigenvalue weighted by molar-refractivity contribution is 7.09. The molecule has 0 unspecified atom stereocenters. The van der Waals surface area contributed by atoms with Crippen molar-refractivity contribution in [2.45, 2.75) is 39.5 Å². The maximum absolute atomic E-state index is 12.6. The van der Waals surface area contributed by atoms with Gasteiger partial charge in [0, 0.05) is 22.6 Å². The molecule has 1 amide bonds. The number of halogens is 1. The molecular formula is C20H23ClN4OS. The number of hydrogen-bond donors (Lipinski definition) is 1. The largest absolute Gasteiger partial charge is 0.352 e. The van der Waals surface area contributed by atoms with Crippen LogP contribution >= 0.6 is 22.9 Å². The standard InChI is InChI=1S/C20H23ClN4OS/c1-3-18-17(12-23-25(18)16-8-6-7-15(21)11-16)20(26)22-10-5-4-9-19-24-14(2)13-27-19/h6-8,11-13H,3-5,9-10H2,1-2H3,(H,22,26). The minimum atomic E-state index is -0.0785. The number of carbonyl (C=O) groups is 1. The van der Waals surface area contributed by atoms with Gasteiger partial charge < -0.3 is 5.32 Å². The highest BCUT2D eigenvalue weighted by atomic mass is 35.5. The fourth-order valence-electron chi connectivity index (χ4n) is 2.95. The van der Waals surface area contributed by atoms with Crippen molar-refractivity contribution in [3.8, 4) is 5.69 Å². The van der Waals surface area contributed by atoms with E-state index in [-0.39, 0.29) is 5.91 Å². The van der Waals surface area contributed by atoms with Crippen molar-refractivity contribution in [1.29, 1.82) is 0 Å². The third-order valence-electron chi connectivity index (χ3n) is 4.27. The number of aryl methyl sites for hydroxylation is 2. The van der Waals surface area contributed by atoms with Crippen LogP contribution in [0.15, 0.2) is 35.8 Å². The van der Waals surface area contributed by atoms with E-state index < -0.39 is 0 Å². The Kier molecular flexibility index (Phi) is 6.63. The Hall–Kier alpha value is -2.18. The SMILES string of the molecule is CCc1c(C(=O)NCCCCc2nc(C)cs2)cnn1-c1cccc(Cl)c1. The van der Waals surface area contributed by atoms with Gasteiger partial charge in [0.15, 0.2) is 0 Å². The monoisotopic (exact) mass is 402 g/mol. The fraction of sp³-hybridized carbons (Fsp3) is 0.350. The third-order valence-corrected chi connectivity index (χ3v) is 5.53. The van der Waals surface area contributed by atoms with Gasteiger partial charge in [0.2, 0.25) is 0 Å². The average molecular weight is 403 g/mol. The first-order valence-corrected chi connectivity index (χ1v) is 10.4. The Morgan fingerprint density at radius 1 is 1.33 bits per heavy atom. The molecule has 142 valence electrons. The summed E-state index contributed by atoms with van der Waals surface area (Å²) >= 11 is 7.78. The zero-order valence-electron chi connectivity index (χ0n) is 15.5. The number of nitrogens with zero attached hydrogens (tertiary/aromatic N) is 3. The van der Waals surface area contributed by atoms with Crippen molar-refractivity contribution in [3.05, 3.63) is 62.8 Å². The highest BCUT2D eigenvalue weighted by Gasteiger charge is 2.17. The Labute approximate surface area is 168 Å². The maximum Gasteiger partial charge on any atom is 0.254 e. The van der Waals surface area contributed by atoms with E-state index in [2.05, 4.69) is 20.8 Å². The zero-order valence-corrected chi connectivity index (χ0v) is 17.1. The molecular weight excluding hydrogens is 380 g/mol. The van der Waals surface area contributed by atoms with Crippen molar-refractivity contribution in [2.75, 3.05) is 6.54 Å². The van der Waals surface area contributed by atoms with Crippen LogP contribution < -0.4 is 5.32 Å². The Balaban J connectivity index is 1.56. The summed E-state index contributed by atoms with van der Waals surface area (Å²) < 4.78 is 1.78. The normalized spacial score (nSPS) is 10.9. The molecule has 0 saturated heterocycles. The van der Waals surface area contributed by atoms with Crippen molar-refractivity contribution >= 4 is 28.8 Å². The molecule has 0 spiro atoms. The minimum Gasteiger partial charge on any atom is -0.352 e. The number of aromatic nitrogens is 3. The second-order valence-electron chi connectivity index (χ2n) is 6.35. The van der Waals surface area contributed by atoms with E-state index in [1.165, 1.54) is 0 Å². The summed E-state index contributed by atoms with van der Waals surface area (Å²) in [4.78, 5) is 17.0. The van der Waals surface area contributed by atoms with Gasteiger partial charge in [0.1, 0.15) is 0 Å². The molecule has 0 aliphatic heterocycles. The summed E-state index contributed by atoms with van der Waals surface area (Å²) in [7, 11) is 0. The molecule has 2 aromatic heterocycles. The molecule has 1 aromatic carbocycles. The maximum atomic E-state index is 12.6. The summed E-state index contributed by atoms with van der Waals surface area (Å²) in [5.74, 6) is -0.0785. The number of rotatable bonds is 8. The van der Waals surface area contributed by atoms with Gasteiger partial charge >= 0.3 is 0 Å². The van der Waals surface area contributed by atoms with Crippen LogP contribution in [0.1, 0.15) is 46.5 Å². The van der Waals surface area contributed by atoms with Gasteiger partial charge in [0.05, 0.1) is 28.1 Å². The minimum absolute atomic E-state index is 0.0785. The lowest BCUT2D eigenvalue weighted by Crippen LogP contribution is -2.25. The van der Waals surface area contributed by atoms with Crippen LogP contribution in [-0.4, -0.2) is 27.2 Å². The molecule has 0 bridgehead atoms. The highest BCUT2D eigenvalue weighted by Crippen LogP contribution is 2.19. The van der Waals surface area contributed by atoms with Crippen LogP contribution in [0.25, 0.3) is 5.69 Å². The number of thiazole rings is 1. The van der Waals surface area contributed by atoms with Crippen molar-refractivity contribution < 1.29 is 4.79 Å². The second-order valence-corrected chi connectivity index (χ2v) is 7.72. The molecule has 2 heterocycles. The Morgan fingerprint density at radius 3 is 2.89 bits per heavy atom. The van der Waals surface area contributed by atoms with Gasteiger partial charge in [-0.05, 0) is 50.8 Å².